The number of thiol groups is 1. The molecule has 1 rings (SSSR count). The van der Waals surface area contributed by atoms with Crippen molar-refractivity contribution in [1.29, 1.82) is 0 Å². The van der Waals surface area contributed by atoms with E-state index >= 15 is 0 Å². The van der Waals surface area contributed by atoms with Gasteiger partial charge in [-0.3, -0.25) is 0 Å². The van der Waals surface area contributed by atoms with E-state index in [0.29, 0.717) is 22.2 Å². The fraction of sp³-hybridized carbons (Fsp3) is 0.125. The van der Waals surface area contributed by atoms with E-state index in [1.807, 2.05) is 0 Å². The van der Waals surface area contributed by atoms with Gasteiger partial charge in [-0.25, -0.2) is 4.98 Å². The van der Waals surface area contributed by atoms with Crippen LogP contribution >= 0.6 is 24.2 Å². The molecule has 2 nitrogen and oxygen atoms in total. The van der Waals surface area contributed by atoms with Gasteiger partial charge in [-0.05, 0) is 6.07 Å². The second kappa shape index (κ2) is 4.24. The van der Waals surface area contributed by atoms with Crippen LogP contribution in [0.2, 0.25) is 5.15 Å². The first kappa shape index (κ1) is 9.24. The van der Waals surface area contributed by atoms with E-state index in [1.165, 1.54) is 0 Å². The maximum atomic E-state index is 5.61. The molecule has 12 heavy (non-hydrogen) atoms. The van der Waals surface area contributed by atoms with Gasteiger partial charge < -0.3 is 5.73 Å². The third kappa shape index (κ3) is 2.33. The summed E-state index contributed by atoms with van der Waals surface area (Å²) in [7, 11) is 0. The molecule has 0 saturated carbocycles. The summed E-state index contributed by atoms with van der Waals surface area (Å²) in [4.78, 5) is 3.85. The second-order valence-electron chi connectivity index (χ2n) is 2.05. The Balaban J connectivity index is 3.01. The molecule has 1 heterocycles. The van der Waals surface area contributed by atoms with E-state index in [4.69, 9.17) is 17.3 Å². The molecule has 1 aromatic rings. The van der Waals surface area contributed by atoms with Gasteiger partial charge in [0.25, 0.3) is 0 Å². The summed E-state index contributed by atoms with van der Waals surface area (Å²) in [6, 6.07) is 1.57. The first-order chi connectivity index (χ1) is 5.74. The predicted octanol–water partition coefficient (Wildman–Crippen LogP) is 1.60. The van der Waals surface area contributed by atoms with E-state index < -0.39 is 0 Å². The van der Waals surface area contributed by atoms with E-state index in [-0.39, 0.29) is 0 Å². The number of nitrogens with two attached hydrogens (primary N) is 1. The average Bonchev–Trinajstić information content (AvgIpc) is 2.03. The molecule has 1 aromatic heterocycles. The van der Waals surface area contributed by atoms with Gasteiger partial charge in [0.1, 0.15) is 5.15 Å². The molecule has 0 fully saturated rings. The highest BCUT2D eigenvalue weighted by Crippen LogP contribution is 2.13. The van der Waals surface area contributed by atoms with Crippen LogP contribution < -0.4 is 5.73 Å². The fourth-order valence-electron chi connectivity index (χ4n) is 0.683. The molecule has 0 aromatic carbocycles. The molecule has 0 unspecified atom stereocenters. The van der Waals surface area contributed by atoms with Crippen LogP contribution in [-0.4, -0.2) is 10.7 Å². The van der Waals surface area contributed by atoms with Gasteiger partial charge in [0, 0.05) is 6.20 Å². The first-order valence-electron chi connectivity index (χ1n) is 3.25. The Kier molecular flexibility index (Phi) is 3.27. The number of anilines is 1. The molecule has 0 aliphatic heterocycles. The van der Waals surface area contributed by atoms with Crippen LogP contribution in [0, 0.1) is 11.8 Å². The molecule has 4 heteroatoms. The average molecular weight is 199 g/mol. The van der Waals surface area contributed by atoms with Crippen LogP contribution in [0.25, 0.3) is 0 Å². The van der Waals surface area contributed by atoms with E-state index in [0.717, 1.165) is 0 Å². The molecule has 0 aliphatic rings. The molecule has 0 radical (unpaired) electrons. The second-order valence-corrected chi connectivity index (χ2v) is 2.76. The minimum absolute atomic E-state index is 0.379. The molecule has 0 amide bonds. The summed E-state index contributed by atoms with van der Waals surface area (Å²) >= 11 is 9.54. The van der Waals surface area contributed by atoms with Crippen molar-refractivity contribution < 1.29 is 0 Å². The number of nitrogens with zero attached hydrogens (tertiary/aromatic N) is 1. The zero-order valence-electron chi connectivity index (χ0n) is 6.21. The highest BCUT2D eigenvalue weighted by molar-refractivity contribution is 7.80. The summed E-state index contributed by atoms with van der Waals surface area (Å²) in [5.41, 5.74) is 6.84. The van der Waals surface area contributed by atoms with Gasteiger partial charge in [0.05, 0.1) is 17.0 Å². The summed E-state index contributed by atoms with van der Waals surface area (Å²) in [6.45, 7) is 0. The maximum Gasteiger partial charge on any atom is 0.131 e. The molecule has 0 saturated heterocycles. The quantitative estimate of drug-likeness (QED) is 0.378. The maximum absolute atomic E-state index is 5.61. The highest BCUT2D eigenvalue weighted by Gasteiger charge is 1.96. The zero-order valence-corrected chi connectivity index (χ0v) is 7.86. The molecule has 0 atom stereocenters. The summed E-state index contributed by atoms with van der Waals surface area (Å²) in [6.07, 6.45) is 1.55. The lowest BCUT2D eigenvalue weighted by Gasteiger charge is -1.96. The molecule has 2 N–H and O–H groups in total. The standard InChI is InChI=1S/C8H7ClN2S/c9-8-4-7(10)6(5-11-8)2-1-3-12/h4-5,12H,3H2,(H2,10,11). The number of pyridine rings is 1. The van der Waals surface area contributed by atoms with Crippen molar-refractivity contribution in [2.24, 2.45) is 0 Å². The number of rotatable bonds is 0. The Labute approximate surface area is 81.5 Å². The van der Waals surface area contributed by atoms with Crippen molar-refractivity contribution in [3.8, 4) is 11.8 Å². The summed E-state index contributed by atoms with van der Waals surface area (Å²) in [5, 5.41) is 0.379. The van der Waals surface area contributed by atoms with Gasteiger partial charge in [0.15, 0.2) is 0 Å². The third-order valence-corrected chi connectivity index (χ3v) is 1.57. The fourth-order valence-corrected chi connectivity index (χ4v) is 0.929. The number of hydrogen-bond donors (Lipinski definition) is 2. The molecule has 62 valence electrons. The predicted molar refractivity (Wildman–Crippen MR) is 54.4 cm³/mol. The Bertz CT molecular complexity index is 341. The van der Waals surface area contributed by atoms with Crippen molar-refractivity contribution in [1.82, 2.24) is 4.98 Å². The van der Waals surface area contributed by atoms with Gasteiger partial charge in [-0.15, -0.1) is 0 Å². The lowest BCUT2D eigenvalue weighted by molar-refractivity contribution is 1.32. The number of hydrogen-bond acceptors (Lipinski definition) is 3. The highest BCUT2D eigenvalue weighted by atomic mass is 35.5. The monoisotopic (exact) mass is 198 g/mol. The Morgan fingerprint density at radius 3 is 3.00 bits per heavy atom. The minimum Gasteiger partial charge on any atom is -0.398 e. The third-order valence-electron chi connectivity index (χ3n) is 1.20. The Hall–Kier alpha value is -0.850. The van der Waals surface area contributed by atoms with Crippen LogP contribution in [0.1, 0.15) is 5.56 Å². The van der Waals surface area contributed by atoms with E-state index in [2.05, 4.69) is 29.5 Å². The van der Waals surface area contributed by atoms with Gasteiger partial charge in [-0.2, -0.15) is 12.6 Å². The van der Waals surface area contributed by atoms with Crippen molar-refractivity contribution in [2.75, 3.05) is 11.5 Å². The van der Waals surface area contributed by atoms with Crippen LogP contribution in [0.3, 0.4) is 0 Å². The van der Waals surface area contributed by atoms with Crippen LogP contribution in [0.5, 0.6) is 0 Å². The molecular formula is C8H7ClN2S. The van der Waals surface area contributed by atoms with E-state index in [9.17, 15) is 0 Å². The zero-order chi connectivity index (χ0) is 8.97. The smallest absolute Gasteiger partial charge is 0.131 e. The topological polar surface area (TPSA) is 38.9 Å². The van der Waals surface area contributed by atoms with Crippen molar-refractivity contribution in [3.05, 3.63) is 23.0 Å². The summed E-state index contributed by atoms with van der Waals surface area (Å²) in [5.74, 6) is 6.10. The molecule has 0 bridgehead atoms. The molecule has 0 aliphatic carbocycles. The van der Waals surface area contributed by atoms with Crippen LogP contribution in [0.4, 0.5) is 5.69 Å². The summed E-state index contributed by atoms with van der Waals surface area (Å²) < 4.78 is 0. The normalized spacial score (nSPS) is 8.83. The van der Waals surface area contributed by atoms with Crippen molar-refractivity contribution >= 4 is 29.9 Å². The lowest BCUT2D eigenvalue weighted by Crippen LogP contribution is -1.91. The minimum atomic E-state index is 0.379. The van der Waals surface area contributed by atoms with Crippen molar-refractivity contribution in [2.45, 2.75) is 0 Å². The van der Waals surface area contributed by atoms with Gasteiger partial charge in [0.2, 0.25) is 0 Å². The van der Waals surface area contributed by atoms with E-state index in [1.54, 1.807) is 12.3 Å². The number of nitrogen functional groups attached to an aromatic ring is 1. The van der Waals surface area contributed by atoms with Gasteiger partial charge in [-0.1, -0.05) is 23.4 Å². The SMILES string of the molecule is Nc1cc(Cl)ncc1C#CCS. The van der Waals surface area contributed by atoms with Crippen molar-refractivity contribution in [3.63, 3.8) is 0 Å². The Morgan fingerprint density at radius 2 is 2.42 bits per heavy atom. The Morgan fingerprint density at radius 1 is 1.67 bits per heavy atom. The molecule has 0 spiro atoms. The van der Waals surface area contributed by atoms with Gasteiger partial charge >= 0.3 is 0 Å². The lowest BCUT2D eigenvalue weighted by atomic mass is 10.2. The van der Waals surface area contributed by atoms with Crippen LogP contribution in [-0.2, 0) is 0 Å². The number of aromatic nitrogens is 1. The van der Waals surface area contributed by atoms with Crippen LogP contribution in [0.15, 0.2) is 12.3 Å². The first-order valence-corrected chi connectivity index (χ1v) is 4.26. The molecular weight excluding hydrogens is 192 g/mol. The largest absolute Gasteiger partial charge is 0.398 e. The number of halogens is 1.